The minimum Gasteiger partial charge on any atom is -0.496 e. The van der Waals surface area contributed by atoms with E-state index in [1.54, 1.807) is 17.5 Å². The molecule has 124 valence electrons. The Balaban J connectivity index is 2.04. The van der Waals surface area contributed by atoms with E-state index in [2.05, 4.69) is 5.32 Å². The fourth-order valence-corrected chi connectivity index (χ4v) is 4.28. The van der Waals surface area contributed by atoms with Crippen LogP contribution in [-0.4, -0.2) is 45.2 Å². The summed E-state index contributed by atoms with van der Waals surface area (Å²) in [5.41, 5.74) is 0.971. The van der Waals surface area contributed by atoms with Crippen LogP contribution < -0.4 is 10.1 Å². The number of hydrogen-bond donors (Lipinski definition) is 1. The average molecular weight is 347 g/mol. The van der Waals surface area contributed by atoms with Crippen molar-refractivity contribution in [3.63, 3.8) is 0 Å². The van der Waals surface area contributed by atoms with E-state index >= 15 is 0 Å². The van der Waals surface area contributed by atoms with Crippen molar-refractivity contribution in [1.82, 2.24) is 9.62 Å². The molecule has 0 unspecified atom stereocenters. The first-order chi connectivity index (χ1) is 10.3. The number of sulfonamides is 1. The molecule has 0 spiro atoms. The second-order valence-corrected chi connectivity index (χ2v) is 8.06. The molecule has 1 aromatic carbocycles. The van der Waals surface area contributed by atoms with Crippen LogP contribution in [0.5, 0.6) is 5.75 Å². The van der Waals surface area contributed by atoms with Gasteiger partial charge in [0, 0.05) is 35.8 Å². The quantitative estimate of drug-likeness (QED) is 0.859. The first-order valence-corrected chi connectivity index (χ1v) is 9.59. The lowest BCUT2D eigenvalue weighted by molar-refractivity contribution is 0.357. The Morgan fingerprint density at radius 1 is 1.50 bits per heavy atom. The third kappa shape index (κ3) is 4.13. The molecular formula is C15H23ClN2O3S. The molecule has 22 heavy (non-hydrogen) atoms. The molecular weight excluding hydrogens is 324 g/mol. The van der Waals surface area contributed by atoms with Crippen LogP contribution in [0.15, 0.2) is 18.2 Å². The Morgan fingerprint density at radius 2 is 2.23 bits per heavy atom. The zero-order valence-electron chi connectivity index (χ0n) is 13.2. The third-order valence-electron chi connectivity index (χ3n) is 4.07. The van der Waals surface area contributed by atoms with Crippen LogP contribution in [0, 0.1) is 0 Å². The lowest BCUT2D eigenvalue weighted by Gasteiger charge is -2.25. The van der Waals surface area contributed by atoms with Crippen LogP contribution in [0.4, 0.5) is 0 Å². The Kier molecular flexibility index (Phi) is 5.71. The van der Waals surface area contributed by atoms with Gasteiger partial charge in [0.15, 0.2) is 0 Å². The molecule has 0 saturated carbocycles. The predicted molar refractivity (Wildman–Crippen MR) is 89.0 cm³/mol. The van der Waals surface area contributed by atoms with Crippen LogP contribution in [0.2, 0.25) is 5.02 Å². The monoisotopic (exact) mass is 346 g/mol. The molecule has 0 radical (unpaired) electrons. The normalized spacial score (nSPS) is 21.0. The fraction of sp³-hybridized carbons (Fsp3) is 0.600. The maximum atomic E-state index is 11.8. The van der Waals surface area contributed by atoms with E-state index in [-0.39, 0.29) is 12.1 Å². The minimum atomic E-state index is -3.14. The largest absolute Gasteiger partial charge is 0.496 e. The molecule has 1 aliphatic rings. The van der Waals surface area contributed by atoms with Gasteiger partial charge in [-0.2, -0.15) is 4.31 Å². The standard InChI is InChI=1S/C15H23ClN2O3S/c1-11(14-9-12(16)6-7-15(14)21-2)17-10-13-5-4-8-18(13)22(3,19)20/h6-7,9,11,13,17H,4-5,8,10H2,1-3H3/t11-,13-/m1/s1. The van der Waals surface area contributed by atoms with Crippen molar-refractivity contribution in [2.75, 3.05) is 26.5 Å². The van der Waals surface area contributed by atoms with E-state index < -0.39 is 10.0 Å². The molecule has 1 aromatic rings. The van der Waals surface area contributed by atoms with E-state index in [9.17, 15) is 8.42 Å². The maximum absolute atomic E-state index is 11.8. The van der Waals surface area contributed by atoms with Crippen molar-refractivity contribution < 1.29 is 13.2 Å². The fourth-order valence-electron chi connectivity index (χ4n) is 2.92. The first kappa shape index (κ1) is 17.5. The summed E-state index contributed by atoms with van der Waals surface area (Å²) in [6.07, 6.45) is 3.07. The zero-order chi connectivity index (χ0) is 16.3. The molecule has 1 N–H and O–H groups in total. The molecule has 1 fully saturated rings. The van der Waals surface area contributed by atoms with Crippen molar-refractivity contribution in [2.24, 2.45) is 0 Å². The number of rotatable bonds is 6. The van der Waals surface area contributed by atoms with Gasteiger partial charge in [-0.05, 0) is 38.0 Å². The van der Waals surface area contributed by atoms with Gasteiger partial charge >= 0.3 is 0 Å². The molecule has 0 aliphatic carbocycles. The highest BCUT2D eigenvalue weighted by Crippen LogP contribution is 2.28. The predicted octanol–water partition coefficient (Wildman–Crippen LogP) is 2.42. The van der Waals surface area contributed by atoms with Crippen molar-refractivity contribution in [1.29, 1.82) is 0 Å². The number of halogens is 1. The first-order valence-electron chi connectivity index (χ1n) is 7.36. The van der Waals surface area contributed by atoms with Crippen LogP contribution in [0.1, 0.15) is 31.4 Å². The maximum Gasteiger partial charge on any atom is 0.211 e. The van der Waals surface area contributed by atoms with Crippen LogP contribution in [0.3, 0.4) is 0 Å². The summed E-state index contributed by atoms with van der Waals surface area (Å²) in [5, 5.41) is 4.06. The molecule has 0 amide bonds. The number of methoxy groups -OCH3 is 1. The van der Waals surface area contributed by atoms with Gasteiger partial charge in [0.05, 0.1) is 13.4 Å². The van der Waals surface area contributed by atoms with Crippen molar-refractivity contribution in [3.8, 4) is 5.75 Å². The van der Waals surface area contributed by atoms with Gasteiger partial charge in [-0.25, -0.2) is 8.42 Å². The number of benzene rings is 1. The highest BCUT2D eigenvalue weighted by Gasteiger charge is 2.31. The molecule has 1 saturated heterocycles. The summed E-state index contributed by atoms with van der Waals surface area (Å²) in [6, 6.07) is 5.55. The van der Waals surface area contributed by atoms with E-state index in [0.29, 0.717) is 18.1 Å². The van der Waals surface area contributed by atoms with E-state index in [4.69, 9.17) is 16.3 Å². The summed E-state index contributed by atoms with van der Waals surface area (Å²) in [7, 11) is -1.51. The Morgan fingerprint density at radius 3 is 2.86 bits per heavy atom. The summed E-state index contributed by atoms with van der Waals surface area (Å²) < 4.78 is 30.5. The highest BCUT2D eigenvalue weighted by molar-refractivity contribution is 7.88. The van der Waals surface area contributed by atoms with E-state index in [0.717, 1.165) is 24.2 Å². The molecule has 1 heterocycles. The Hall–Kier alpha value is -0.820. The van der Waals surface area contributed by atoms with Gasteiger partial charge in [-0.15, -0.1) is 0 Å². The molecule has 7 heteroatoms. The third-order valence-corrected chi connectivity index (χ3v) is 5.63. The molecule has 2 atom stereocenters. The number of nitrogens with zero attached hydrogens (tertiary/aromatic N) is 1. The van der Waals surface area contributed by atoms with E-state index in [1.807, 2.05) is 19.1 Å². The summed E-state index contributed by atoms with van der Waals surface area (Å²) in [6.45, 7) is 3.25. The Bertz CT molecular complexity index is 621. The molecule has 0 aromatic heterocycles. The van der Waals surface area contributed by atoms with Crippen LogP contribution in [-0.2, 0) is 10.0 Å². The topological polar surface area (TPSA) is 58.6 Å². The number of nitrogens with one attached hydrogen (secondary N) is 1. The molecule has 1 aliphatic heterocycles. The summed E-state index contributed by atoms with van der Waals surface area (Å²) in [4.78, 5) is 0. The smallest absolute Gasteiger partial charge is 0.211 e. The number of hydrogen-bond acceptors (Lipinski definition) is 4. The number of ether oxygens (including phenoxy) is 1. The average Bonchev–Trinajstić information content (AvgIpc) is 2.93. The second kappa shape index (κ2) is 7.17. The zero-order valence-corrected chi connectivity index (χ0v) is 14.7. The van der Waals surface area contributed by atoms with Crippen molar-refractivity contribution in [2.45, 2.75) is 31.8 Å². The van der Waals surface area contributed by atoms with Crippen LogP contribution in [0.25, 0.3) is 0 Å². The second-order valence-electron chi connectivity index (χ2n) is 5.69. The van der Waals surface area contributed by atoms with E-state index in [1.165, 1.54) is 6.26 Å². The summed E-state index contributed by atoms with van der Waals surface area (Å²) in [5.74, 6) is 0.774. The van der Waals surface area contributed by atoms with Crippen molar-refractivity contribution >= 4 is 21.6 Å². The van der Waals surface area contributed by atoms with Crippen molar-refractivity contribution in [3.05, 3.63) is 28.8 Å². The van der Waals surface area contributed by atoms with Gasteiger partial charge < -0.3 is 10.1 Å². The lowest BCUT2D eigenvalue weighted by Crippen LogP contribution is -2.41. The lowest BCUT2D eigenvalue weighted by atomic mass is 10.1. The minimum absolute atomic E-state index is 0.0163. The van der Waals surface area contributed by atoms with Gasteiger partial charge in [0.2, 0.25) is 10.0 Å². The SMILES string of the molecule is COc1ccc(Cl)cc1[C@@H](C)NC[C@H]1CCCN1S(C)(=O)=O. The molecule has 2 rings (SSSR count). The highest BCUT2D eigenvalue weighted by atomic mass is 35.5. The van der Waals surface area contributed by atoms with Gasteiger partial charge in [-0.1, -0.05) is 11.6 Å². The van der Waals surface area contributed by atoms with Gasteiger partial charge in [-0.3, -0.25) is 0 Å². The molecule has 5 nitrogen and oxygen atoms in total. The Labute approximate surface area is 137 Å². The van der Waals surface area contributed by atoms with Gasteiger partial charge in [0.25, 0.3) is 0 Å². The molecule has 0 bridgehead atoms. The van der Waals surface area contributed by atoms with Gasteiger partial charge in [0.1, 0.15) is 5.75 Å². The van der Waals surface area contributed by atoms with Crippen LogP contribution >= 0.6 is 11.6 Å². The summed E-state index contributed by atoms with van der Waals surface area (Å²) >= 11 is 6.06.